The number of nitrogens with one attached hydrogen (secondary N) is 1. The minimum absolute atomic E-state index is 0.0892. The Labute approximate surface area is 143 Å². The van der Waals surface area contributed by atoms with E-state index >= 15 is 0 Å². The molecule has 24 heavy (non-hydrogen) atoms. The van der Waals surface area contributed by atoms with Crippen molar-refractivity contribution in [3.8, 4) is 0 Å². The largest absolute Gasteiger partial charge is 0.369 e. The molecule has 126 valence electrons. The second-order valence-electron chi connectivity index (χ2n) is 6.75. The molecule has 2 heterocycles. The third-order valence-electron chi connectivity index (χ3n) is 4.32. The number of hydrogen-bond acceptors (Lipinski definition) is 4. The summed E-state index contributed by atoms with van der Waals surface area (Å²) in [4.78, 5) is 23.3. The predicted molar refractivity (Wildman–Crippen MR) is 96.4 cm³/mol. The highest BCUT2D eigenvalue weighted by Crippen LogP contribution is 2.32. The molecule has 0 bridgehead atoms. The van der Waals surface area contributed by atoms with Crippen LogP contribution in [0.3, 0.4) is 0 Å². The van der Waals surface area contributed by atoms with E-state index in [1.807, 2.05) is 23.1 Å². The number of aromatic nitrogens is 2. The van der Waals surface area contributed by atoms with Crippen LogP contribution in [0.25, 0.3) is 0 Å². The Bertz CT molecular complexity index is 712. The van der Waals surface area contributed by atoms with E-state index in [0.29, 0.717) is 17.4 Å². The van der Waals surface area contributed by atoms with Gasteiger partial charge in [0, 0.05) is 18.3 Å². The first-order chi connectivity index (χ1) is 11.6. The Kier molecular flexibility index (Phi) is 4.79. The number of carbonyl (C=O) groups excluding carboxylic acids is 1. The summed E-state index contributed by atoms with van der Waals surface area (Å²) in [6.45, 7) is 7.29. The molecule has 1 aliphatic rings. The molecule has 5 heteroatoms. The predicted octanol–water partition coefficient (Wildman–Crippen LogP) is 3.53. The minimum atomic E-state index is -0.0892. The van der Waals surface area contributed by atoms with Crippen LogP contribution in [0.4, 0.5) is 11.5 Å². The van der Waals surface area contributed by atoms with Crippen LogP contribution in [-0.2, 0) is 6.42 Å². The molecule has 0 spiro atoms. The second-order valence-corrected chi connectivity index (χ2v) is 6.75. The standard InChI is InChI=1S/C19H24N4O/c1-13(2)8-9-20-18-12-21-16(11-22-18)19(24)23-14(3)10-15-6-4-5-7-17(15)23/h4-7,11-14H,8-10H2,1-3H3,(H,20,22). The molecule has 5 nitrogen and oxygen atoms in total. The van der Waals surface area contributed by atoms with Gasteiger partial charge in [-0.3, -0.25) is 4.79 Å². The summed E-state index contributed by atoms with van der Waals surface area (Å²) in [5.74, 6) is 1.26. The number of amides is 1. The SMILES string of the molecule is CC(C)CCNc1cnc(C(=O)N2c3ccccc3CC2C)cn1. The molecule has 0 saturated carbocycles. The Balaban J connectivity index is 1.71. The van der Waals surface area contributed by atoms with Crippen molar-refractivity contribution < 1.29 is 4.79 Å². The van der Waals surface area contributed by atoms with Crippen molar-refractivity contribution in [2.24, 2.45) is 5.92 Å². The molecule has 1 aromatic heterocycles. The van der Waals surface area contributed by atoms with Crippen LogP contribution < -0.4 is 10.2 Å². The van der Waals surface area contributed by atoms with Crippen LogP contribution >= 0.6 is 0 Å². The molecular weight excluding hydrogens is 300 g/mol. The van der Waals surface area contributed by atoms with Gasteiger partial charge in [-0.15, -0.1) is 0 Å². The van der Waals surface area contributed by atoms with Crippen molar-refractivity contribution in [2.45, 2.75) is 39.7 Å². The van der Waals surface area contributed by atoms with Gasteiger partial charge in [-0.05, 0) is 37.3 Å². The van der Waals surface area contributed by atoms with Crippen molar-refractivity contribution in [1.29, 1.82) is 0 Å². The van der Waals surface area contributed by atoms with Crippen LogP contribution in [0, 0.1) is 5.92 Å². The van der Waals surface area contributed by atoms with E-state index in [4.69, 9.17) is 0 Å². The van der Waals surface area contributed by atoms with Crippen molar-refractivity contribution in [3.05, 3.63) is 47.9 Å². The second kappa shape index (κ2) is 6.99. The van der Waals surface area contributed by atoms with Crippen molar-refractivity contribution >= 4 is 17.4 Å². The van der Waals surface area contributed by atoms with Gasteiger partial charge >= 0.3 is 0 Å². The third kappa shape index (κ3) is 3.40. The van der Waals surface area contributed by atoms with E-state index < -0.39 is 0 Å². The van der Waals surface area contributed by atoms with E-state index in [2.05, 4.69) is 42.1 Å². The quantitative estimate of drug-likeness (QED) is 0.914. The van der Waals surface area contributed by atoms with Gasteiger partial charge in [0.1, 0.15) is 11.5 Å². The number of benzene rings is 1. The van der Waals surface area contributed by atoms with Gasteiger partial charge < -0.3 is 10.2 Å². The van der Waals surface area contributed by atoms with Crippen LogP contribution in [0.1, 0.15) is 43.2 Å². The summed E-state index contributed by atoms with van der Waals surface area (Å²) in [6.07, 6.45) is 5.16. The molecule has 1 aromatic carbocycles. The Morgan fingerprint density at radius 3 is 2.79 bits per heavy atom. The van der Waals surface area contributed by atoms with Crippen molar-refractivity contribution in [3.63, 3.8) is 0 Å². The highest BCUT2D eigenvalue weighted by molar-refractivity contribution is 6.06. The van der Waals surface area contributed by atoms with Gasteiger partial charge in [-0.2, -0.15) is 0 Å². The van der Waals surface area contributed by atoms with Gasteiger partial charge in [-0.1, -0.05) is 32.0 Å². The number of anilines is 2. The summed E-state index contributed by atoms with van der Waals surface area (Å²) < 4.78 is 0. The number of carbonyl (C=O) groups is 1. The van der Waals surface area contributed by atoms with Gasteiger partial charge in [-0.25, -0.2) is 9.97 Å². The maximum atomic E-state index is 12.8. The van der Waals surface area contributed by atoms with Gasteiger partial charge in [0.2, 0.25) is 0 Å². The lowest BCUT2D eigenvalue weighted by Crippen LogP contribution is -2.36. The summed E-state index contributed by atoms with van der Waals surface area (Å²) in [5.41, 5.74) is 2.57. The average molecular weight is 324 g/mol. The molecular formula is C19H24N4O. The summed E-state index contributed by atoms with van der Waals surface area (Å²) >= 11 is 0. The van der Waals surface area contributed by atoms with Gasteiger partial charge in [0.15, 0.2) is 0 Å². The number of fused-ring (bicyclic) bond motifs is 1. The van der Waals surface area contributed by atoms with Crippen LogP contribution in [-0.4, -0.2) is 28.5 Å². The number of rotatable bonds is 5. The van der Waals surface area contributed by atoms with Crippen molar-refractivity contribution in [2.75, 3.05) is 16.8 Å². The third-order valence-corrected chi connectivity index (χ3v) is 4.32. The Morgan fingerprint density at radius 2 is 2.08 bits per heavy atom. The minimum Gasteiger partial charge on any atom is -0.369 e. The lowest BCUT2D eigenvalue weighted by Gasteiger charge is -2.22. The molecule has 1 amide bonds. The normalized spacial score (nSPS) is 16.3. The maximum absolute atomic E-state index is 12.8. The van der Waals surface area contributed by atoms with Crippen molar-refractivity contribution in [1.82, 2.24) is 9.97 Å². The number of hydrogen-bond donors (Lipinski definition) is 1. The monoisotopic (exact) mass is 324 g/mol. The van der Waals surface area contributed by atoms with E-state index in [-0.39, 0.29) is 11.9 Å². The molecule has 0 fully saturated rings. The first kappa shape index (κ1) is 16.4. The van der Waals surface area contributed by atoms with E-state index in [1.54, 1.807) is 12.4 Å². The fraction of sp³-hybridized carbons (Fsp3) is 0.421. The van der Waals surface area contributed by atoms with Crippen LogP contribution in [0.15, 0.2) is 36.7 Å². The molecule has 1 aliphatic heterocycles. The highest BCUT2D eigenvalue weighted by Gasteiger charge is 2.31. The zero-order valence-electron chi connectivity index (χ0n) is 14.5. The molecule has 0 saturated heterocycles. The molecule has 1 unspecified atom stereocenters. The highest BCUT2D eigenvalue weighted by atomic mass is 16.2. The Hall–Kier alpha value is -2.43. The number of nitrogens with zero attached hydrogens (tertiary/aromatic N) is 3. The molecule has 2 aromatic rings. The molecule has 3 rings (SSSR count). The smallest absolute Gasteiger partial charge is 0.278 e. The van der Waals surface area contributed by atoms with E-state index in [9.17, 15) is 4.79 Å². The van der Waals surface area contributed by atoms with Gasteiger partial charge in [0.05, 0.1) is 12.4 Å². The maximum Gasteiger partial charge on any atom is 0.278 e. The fourth-order valence-electron chi connectivity index (χ4n) is 3.02. The lowest BCUT2D eigenvalue weighted by atomic mass is 10.1. The first-order valence-corrected chi connectivity index (χ1v) is 8.53. The van der Waals surface area contributed by atoms with E-state index in [1.165, 1.54) is 5.56 Å². The molecule has 1 atom stereocenters. The topological polar surface area (TPSA) is 58.1 Å². The lowest BCUT2D eigenvalue weighted by molar-refractivity contribution is 0.0976. The van der Waals surface area contributed by atoms with Crippen LogP contribution in [0.5, 0.6) is 0 Å². The molecule has 1 N–H and O–H groups in total. The summed E-state index contributed by atoms with van der Waals surface area (Å²) in [5, 5.41) is 3.24. The molecule has 0 radical (unpaired) electrons. The first-order valence-electron chi connectivity index (χ1n) is 8.53. The van der Waals surface area contributed by atoms with Crippen LogP contribution in [0.2, 0.25) is 0 Å². The van der Waals surface area contributed by atoms with E-state index in [0.717, 1.165) is 25.1 Å². The average Bonchev–Trinajstić information content (AvgIpc) is 2.90. The summed E-state index contributed by atoms with van der Waals surface area (Å²) in [7, 11) is 0. The zero-order chi connectivity index (χ0) is 17.1. The molecule has 0 aliphatic carbocycles. The summed E-state index contributed by atoms with van der Waals surface area (Å²) in [6, 6.07) is 8.18. The van der Waals surface area contributed by atoms with Gasteiger partial charge in [0.25, 0.3) is 5.91 Å². The number of para-hydroxylation sites is 1. The fourth-order valence-corrected chi connectivity index (χ4v) is 3.02. The zero-order valence-corrected chi connectivity index (χ0v) is 14.5. The Morgan fingerprint density at radius 1 is 1.29 bits per heavy atom.